The Kier molecular flexibility index (Phi) is 5.93. The van der Waals surface area contributed by atoms with Gasteiger partial charge < -0.3 is 15.4 Å². The zero-order chi connectivity index (χ0) is 12.7. The molecule has 0 aromatic heterocycles. The maximum atomic E-state index is 13.4. The molecule has 0 spiro atoms. The molecule has 0 unspecified atom stereocenters. The van der Waals surface area contributed by atoms with E-state index in [9.17, 15) is 9.18 Å². The molecule has 0 saturated heterocycles. The van der Waals surface area contributed by atoms with Crippen LogP contribution in [0, 0.1) is 5.82 Å². The van der Waals surface area contributed by atoms with Crippen LogP contribution in [0.1, 0.15) is 6.42 Å². The number of anilines is 1. The topological polar surface area (TPSA) is 50.4 Å². The number of hydrogen-bond donors (Lipinski definition) is 2. The first-order valence-corrected chi connectivity index (χ1v) is 5.91. The standard InChI is InChI=1S/C11H14BrFN2O2/c1-17-6-2-5-14-11(16)15-10-4-3-8(12)7-9(10)13/h3-4,7H,2,5-6H2,1H3,(H2,14,15,16). The minimum atomic E-state index is -0.480. The quantitative estimate of drug-likeness (QED) is 0.822. The number of carbonyl (C=O) groups excluding carboxylic acids is 1. The van der Waals surface area contributed by atoms with Crippen molar-refractivity contribution in [2.45, 2.75) is 6.42 Å². The number of hydrogen-bond acceptors (Lipinski definition) is 2. The van der Waals surface area contributed by atoms with Gasteiger partial charge in [-0.1, -0.05) is 15.9 Å². The fourth-order valence-electron chi connectivity index (χ4n) is 1.18. The minimum Gasteiger partial charge on any atom is -0.385 e. The second-order valence-corrected chi connectivity index (χ2v) is 4.27. The molecule has 2 amide bonds. The van der Waals surface area contributed by atoms with Gasteiger partial charge in [0.15, 0.2) is 0 Å². The molecule has 0 aliphatic rings. The van der Waals surface area contributed by atoms with E-state index in [2.05, 4.69) is 26.6 Å². The molecule has 0 heterocycles. The smallest absolute Gasteiger partial charge is 0.319 e. The summed E-state index contributed by atoms with van der Waals surface area (Å²) in [6.07, 6.45) is 0.715. The van der Waals surface area contributed by atoms with Crippen LogP contribution < -0.4 is 10.6 Å². The normalized spacial score (nSPS) is 10.1. The molecular formula is C11H14BrFN2O2. The van der Waals surface area contributed by atoms with Crippen molar-refractivity contribution >= 4 is 27.6 Å². The molecule has 6 heteroatoms. The fraction of sp³-hybridized carbons (Fsp3) is 0.364. The summed E-state index contributed by atoms with van der Waals surface area (Å²) in [6.45, 7) is 1.06. The minimum absolute atomic E-state index is 0.150. The monoisotopic (exact) mass is 304 g/mol. The molecule has 0 saturated carbocycles. The summed E-state index contributed by atoms with van der Waals surface area (Å²) in [7, 11) is 1.59. The van der Waals surface area contributed by atoms with E-state index in [4.69, 9.17) is 4.74 Å². The van der Waals surface area contributed by atoms with Crippen molar-refractivity contribution < 1.29 is 13.9 Å². The number of ether oxygens (including phenoxy) is 1. The Hall–Kier alpha value is -1.14. The van der Waals surface area contributed by atoms with Crippen molar-refractivity contribution in [3.8, 4) is 0 Å². The fourth-order valence-corrected chi connectivity index (χ4v) is 1.51. The Balaban J connectivity index is 2.40. The van der Waals surface area contributed by atoms with Gasteiger partial charge in [0.2, 0.25) is 0 Å². The maximum Gasteiger partial charge on any atom is 0.319 e. The lowest BCUT2D eigenvalue weighted by atomic mass is 10.3. The van der Waals surface area contributed by atoms with E-state index >= 15 is 0 Å². The first-order chi connectivity index (χ1) is 8.13. The van der Waals surface area contributed by atoms with E-state index in [1.54, 1.807) is 13.2 Å². The molecule has 1 aromatic carbocycles. The lowest BCUT2D eigenvalue weighted by Gasteiger charge is -2.08. The molecule has 4 nitrogen and oxygen atoms in total. The van der Waals surface area contributed by atoms with E-state index in [0.717, 1.165) is 0 Å². The van der Waals surface area contributed by atoms with Gasteiger partial charge in [-0.15, -0.1) is 0 Å². The van der Waals surface area contributed by atoms with Gasteiger partial charge in [0, 0.05) is 24.7 Å². The molecule has 0 aliphatic carbocycles. The molecule has 94 valence electrons. The second-order valence-electron chi connectivity index (χ2n) is 3.35. The average molecular weight is 305 g/mol. The summed E-state index contributed by atoms with van der Waals surface area (Å²) in [5.41, 5.74) is 0.150. The van der Waals surface area contributed by atoms with Crippen LogP contribution in [0.25, 0.3) is 0 Å². The van der Waals surface area contributed by atoms with Crippen LogP contribution >= 0.6 is 15.9 Å². The van der Waals surface area contributed by atoms with Crippen molar-refractivity contribution in [1.29, 1.82) is 0 Å². The summed E-state index contributed by atoms with van der Waals surface area (Å²) >= 11 is 3.14. The Morgan fingerprint density at radius 3 is 2.94 bits per heavy atom. The zero-order valence-corrected chi connectivity index (χ0v) is 11.0. The first-order valence-electron chi connectivity index (χ1n) is 5.12. The van der Waals surface area contributed by atoms with Gasteiger partial charge in [0.05, 0.1) is 5.69 Å². The highest BCUT2D eigenvalue weighted by Crippen LogP contribution is 2.18. The number of rotatable bonds is 5. The van der Waals surface area contributed by atoms with Gasteiger partial charge in [0.1, 0.15) is 5.82 Å². The predicted molar refractivity (Wildman–Crippen MR) is 67.6 cm³/mol. The third-order valence-electron chi connectivity index (χ3n) is 1.99. The van der Waals surface area contributed by atoms with Crippen LogP contribution in [0.15, 0.2) is 22.7 Å². The van der Waals surface area contributed by atoms with Gasteiger partial charge in [0.25, 0.3) is 0 Å². The van der Waals surface area contributed by atoms with Gasteiger partial charge >= 0.3 is 6.03 Å². The maximum absolute atomic E-state index is 13.4. The third-order valence-corrected chi connectivity index (χ3v) is 2.48. The Morgan fingerprint density at radius 1 is 1.53 bits per heavy atom. The van der Waals surface area contributed by atoms with Gasteiger partial charge in [-0.3, -0.25) is 0 Å². The van der Waals surface area contributed by atoms with Crippen LogP contribution in [0.4, 0.5) is 14.9 Å². The third kappa shape index (κ3) is 5.14. The lowest BCUT2D eigenvalue weighted by Crippen LogP contribution is -2.30. The average Bonchev–Trinajstić information content (AvgIpc) is 2.28. The highest BCUT2D eigenvalue weighted by atomic mass is 79.9. The Bertz CT molecular complexity index is 388. The van der Waals surface area contributed by atoms with Crippen LogP contribution in [-0.4, -0.2) is 26.3 Å². The van der Waals surface area contributed by atoms with Gasteiger partial charge in [-0.2, -0.15) is 0 Å². The highest BCUT2D eigenvalue weighted by molar-refractivity contribution is 9.10. The molecule has 0 radical (unpaired) electrons. The molecule has 0 atom stereocenters. The van der Waals surface area contributed by atoms with Crippen molar-refractivity contribution in [3.63, 3.8) is 0 Å². The van der Waals surface area contributed by atoms with Crippen LogP contribution in [-0.2, 0) is 4.74 Å². The van der Waals surface area contributed by atoms with Crippen molar-refractivity contribution in [2.24, 2.45) is 0 Å². The van der Waals surface area contributed by atoms with Crippen LogP contribution in [0.2, 0.25) is 0 Å². The largest absolute Gasteiger partial charge is 0.385 e. The van der Waals surface area contributed by atoms with Crippen molar-refractivity contribution in [2.75, 3.05) is 25.6 Å². The summed E-state index contributed by atoms with van der Waals surface area (Å²) in [6, 6.07) is 4.01. The molecule has 2 N–H and O–H groups in total. The van der Waals surface area contributed by atoms with E-state index in [1.807, 2.05) is 0 Å². The number of halogens is 2. The number of carbonyl (C=O) groups is 1. The van der Waals surface area contributed by atoms with E-state index in [-0.39, 0.29) is 5.69 Å². The van der Waals surface area contributed by atoms with E-state index < -0.39 is 11.8 Å². The molecule has 1 rings (SSSR count). The Morgan fingerprint density at radius 2 is 2.29 bits per heavy atom. The number of amides is 2. The predicted octanol–water partition coefficient (Wildman–Crippen LogP) is 2.75. The molecule has 17 heavy (non-hydrogen) atoms. The molecule has 0 fully saturated rings. The van der Waals surface area contributed by atoms with Crippen LogP contribution in [0.3, 0.4) is 0 Å². The number of methoxy groups -OCH3 is 1. The van der Waals surface area contributed by atoms with E-state index in [1.165, 1.54) is 12.1 Å². The zero-order valence-electron chi connectivity index (χ0n) is 9.43. The molecule has 0 aliphatic heterocycles. The van der Waals surface area contributed by atoms with Crippen LogP contribution in [0.5, 0.6) is 0 Å². The number of benzene rings is 1. The second kappa shape index (κ2) is 7.24. The van der Waals surface area contributed by atoms with Gasteiger partial charge in [-0.25, -0.2) is 9.18 Å². The lowest BCUT2D eigenvalue weighted by molar-refractivity contribution is 0.194. The number of nitrogens with one attached hydrogen (secondary N) is 2. The summed E-state index contributed by atoms with van der Waals surface area (Å²) < 4.78 is 18.8. The summed E-state index contributed by atoms with van der Waals surface area (Å²) in [4.78, 5) is 11.4. The van der Waals surface area contributed by atoms with Crippen molar-refractivity contribution in [1.82, 2.24) is 5.32 Å². The summed E-state index contributed by atoms with van der Waals surface area (Å²) in [5, 5.41) is 5.03. The van der Waals surface area contributed by atoms with Gasteiger partial charge in [-0.05, 0) is 24.6 Å². The molecular weight excluding hydrogens is 291 g/mol. The summed E-state index contributed by atoms with van der Waals surface area (Å²) in [5.74, 6) is -0.480. The first kappa shape index (κ1) is 13.9. The SMILES string of the molecule is COCCCNC(=O)Nc1ccc(Br)cc1F. The molecule has 1 aromatic rings. The molecule has 0 bridgehead atoms. The Labute approximate surface area is 108 Å². The van der Waals surface area contributed by atoms with Crippen molar-refractivity contribution in [3.05, 3.63) is 28.5 Å². The van der Waals surface area contributed by atoms with E-state index in [0.29, 0.717) is 24.0 Å². The number of urea groups is 1. The highest BCUT2D eigenvalue weighted by Gasteiger charge is 2.06.